The van der Waals surface area contributed by atoms with Gasteiger partial charge in [-0.15, -0.1) is 0 Å². The second kappa shape index (κ2) is 29.7. The number of anilines is 4. The molecule has 0 radical (unpaired) electrons. The van der Waals surface area contributed by atoms with E-state index in [2.05, 4.69) is 15.3 Å². The first kappa shape index (κ1) is 67.0. The maximum atomic E-state index is 14.3. The first-order chi connectivity index (χ1) is 42.8. The third-order valence-electron chi connectivity index (χ3n) is 16.8. The van der Waals surface area contributed by atoms with Crippen molar-refractivity contribution in [2.75, 3.05) is 85.7 Å². The summed E-state index contributed by atoms with van der Waals surface area (Å²) in [6.45, 7) is 22.7. The Morgan fingerprint density at radius 3 is 1.49 bits per heavy atom. The Balaban J connectivity index is 0.000000200. The summed E-state index contributed by atoms with van der Waals surface area (Å²) in [5, 5.41) is 24.3. The van der Waals surface area contributed by atoms with E-state index in [1.54, 1.807) is 70.8 Å². The Hall–Kier alpha value is -7.37. The Morgan fingerprint density at radius 2 is 1.04 bits per heavy atom. The molecule has 2 unspecified atom stereocenters. The number of piperidine rings is 2. The Labute approximate surface area is 529 Å². The van der Waals surface area contributed by atoms with E-state index in [0.29, 0.717) is 107 Å². The van der Waals surface area contributed by atoms with Crippen LogP contribution in [0.1, 0.15) is 171 Å². The molecule has 490 valence electrons. The first-order valence-corrected chi connectivity index (χ1v) is 32.3. The molecule has 4 aromatic rings. The van der Waals surface area contributed by atoms with Crippen LogP contribution in [0.2, 0.25) is 0 Å². The van der Waals surface area contributed by atoms with Crippen LogP contribution in [0.3, 0.4) is 0 Å². The second-order valence-corrected chi connectivity index (χ2v) is 27.4. The third kappa shape index (κ3) is 18.4. The number of hydrogen-bond donors (Lipinski definition) is 3. The van der Waals surface area contributed by atoms with Crippen LogP contribution in [0.4, 0.5) is 37.9 Å². The number of rotatable bonds is 12. The van der Waals surface area contributed by atoms with Crippen molar-refractivity contribution >= 4 is 53.6 Å². The monoisotopic (exact) mass is 1250 g/mol. The van der Waals surface area contributed by atoms with Gasteiger partial charge in [0.1, 0.15) is 39.9 Å². The minimum atomic E-state index is -0.774. The molecule has 3 saturated heterocycles. The van der Waals surface area contributed by atoms with Gasteiger partial charge in [-0.3, -0.25) is 19.4 Å². The number of fused-ring (bicyclic) bond motifs is 2. The maximum absolute atomic E-state index is 14.3. The molecule has 2 aromatic carbocycles. The largest absolute Gasteiger partial charge is 0.493 e. The molecule has 2 saturated carbocycles. The molecule has 11 rings (SSSR count). The van der Waals surface area contributed by atoms with Gasteiger partial charge >= 0.3 is 18.3 Å². The molecule has 90 heavy (non-hydrogen) atoms. The highest BCUT2D eigenvalue weighted by molar-refractivity contribution is 6.06. The lowest BCUT2D eigenvalue weighted by atomic mass is 9.96. The van der Waals surface area contributed by atoms with Gasteiger partial charge in [-0.2, -0.15) is 9.97 Å². The average Bonchev–Trinajstić information content (AvgIpc) is 1.57. The van der Waals surface area contributed by atoms with Crippen LogP contribution in [0.15, 0.2) is 60.9 Å². The summed E-state index contributed by atoms with van der Waals surface area (Å²) >= 11 is 0. The van der Waals surface area contributed by atoms with Crippen molar-refractivity contribution in [3.8, 4) is 11.5 Å². The number of likely N-dealkylation sites (tertiary alicyclic amines) is 2. The molecule has 5 aliphatic heterocycles. The van der Waals surface area contributed by atoms with Gasteiger partial charge in [-0.05, 0) is 211 Å². The number of hydrogen-bond acceptors (Lipinski definition) is 18. The zero-order valence-corrected chi connectivity index (χ0v) is 54.1. The number of nitrogens with zero attached hydrogens (tertiary/aromatic N) is 9. The fraction of sp³-hybridized carbons (Fsp3) is 0.627. The zero-order chi connectivity index (χ0) is 64.3. The van der Waals surface area contributed by atoms with Crippen molar-refractivity contribution in [2.45, 2.75) is 193 Å². The van der Waals surface area contributed by atoms with Crippen molar-refractivity contribution in [2.24, 2.45) is 11.8 Å². The number of nitrogens with one attached hydrogen (secondary N) is 1. The molecule has 0 spiro atoms. The predicted octanol–water partition coefficient (Wildman–Crippen LogP) is 10.2. The molecule has 0 bridgehead atoms. The Morgan fingerprint density at radius 1 is 0.567 bits per heavy atom. The summed E-state index contributed by atoms with van der Waals surface area (Å²) in [6, 6.07) is 13.8. The van der Waals surface area contributed by atoms with Gasteiger partial charge in [-0.25, -0.2) is 29.3 Å². The minimum Gasteiger partial charge on any atom is -0.493 e. The van der Waals surface area contributed by atoms with Crippen LogP contribution in [-0.2, 0) is 31.8 Å². The normalized spacial score (nSPS) is 20.8. The SMILES string of the molecule is C1CCOC1.CC(C)(C)OC(=O)N1CCC(CN(C(=O)c2ccc3c(c2)CCO3)c2ccnc(N(C(=O)OC(C)(C)C)C3CCC[C@@H]3O)n2)CC1.CC(C)(C)OC(=O)N1CCC(CN(C(=O)c2ccc3c(c2)CCO3)c2ccnc(NC3CCC[C@@H]3O)n2)CC1. The summed E-state index contributed by atoms with van der Waals surface area (Å²) in [5.74, 6) is 2.82. The van der Waals surface area contributed by atoms with E-state index in [1.165, 1.54) is 23.9 Å². The molecular formula is C67H94N10O13. The maximum Gasteiger partial charge on any atom is 0.417 e. The van der Waals surface area contributed by atoms with E-state index >= 15 is 0 Å². The number of aromatic nitrogens is 4. The number of aliphatic hydroxyl groups is 2. The molecule has 4 atom stereocenters. The molecule has 23 nitrogen and oxygen atoms in total. The average molecular weight is 1250 g/mol. The van der Waals surface area contributed by atoms with Crippen molar-refractivity contribution in [1.82, 2.24) is 29.7 Å². The van der Waals surface area contributed by atoms with Crippen molar-refractivity contribution in [1.29, 1.82) is 0 Å². The zero-order valence-electron chi connectivity index (χ0n) is 54.1. The minimum absolute atomic E-state index is 0.0672. The van der Waals surface area contributed by atoms with Crippen LogP contribution in [0.25, 0.3) is 0 Å². The number of ether oxygens (including phenoxy) is 6. The van der Waals surface area contributed by atoms with Crippen molar-refractivity contribution in [3.63, 3.8) is 0 Å². The molecule has 5 amide bonds. The quantitative estimate of drug-likeness (QED) is 0.111. The number of carbonyl (C=O) groups is 5. The van der Waals surface area contributed by atoms with Crippen LogP contribution in [0, 0.1) is 11.8 Å². The molecule has 23 heteroatoms. The summed E-state index contributed by atoms with van der Waals surface area (Å²) in [5.41, 5.74) is 1.22. The summed E-state index contributed by atoms with van der Waals surface area (Å²) in [7, 11) is 0. The van der Waals surface area contributed by atoms with Crippen molar-refractivity contribution < 1.29 is 62.6 Å². The van der Waals surface area contributed by atoms with E-state index in [9.17, 15) is 34.2 Å². The van der Waals surface area contributed by atoms with Gasteiger partial charge in [0.25, 0.3) is 11.8 Å². The fourth-order valence-corrected chi connectivity index (χ4v) is 12.1. The molecular weight excluding hydrogens is 1150 g/mol. The molecule has 5 fully saturated rings. The van der Waals surface area contributed by atoms with E-state index < -0.39 is 41.1 Å². The number of carbonyl (C=O) groups excluding carboxylic acids is 5. The molecule has 7 heterocycles. The third-order valence-corrected chi connectivity index (χ3v) is 16.8. The van der Waals surface area contributed by atoms with E-state index in [1.807, 2.05) is 65.8 Å². The molecule has 3 N–H and O–H groups in total. The van der Waals surface area contributed by atoms with E-state index in [-0.39, 0.29) is 47.8 Å². The van der Waals surface area contributed by atoms with Crippen LogP contribution in [-0.4, -0.2) is 177 Å². The molecule has 7 aliphatic rings. The highest BCUT2D eigenvalue weighted by Gasteiger charge is 2.40. The van der Waals surface area contributed by atoms with Crippen LogP contribution < -0.4 is 29.5 Å². The standard InChI is InChI=1S/C34H47N5O7.C29H39N5O5.C4H8O/c1-33(2,3)45-31(42)37-17-13-22(14-18-37)21-38(29(41)24-10-11-27-23(20-24)15-19-44-27)28-12-16-35-30(36-28)39(25-8-7-9-26(25)40)32(43)46-34(4,5)6;1-29(2,3)39-28(37)33-14-10-19(11-15-33)18-34(26(36)21-7-8-24-20(17-21)12-16-38-24)25-9-13-30-27(32-25)31-22-5-4-6-23(22)35;1-2-4-5-3-1/h10-12,16,20,22,25-26,40H,7-9,13-15,17-19,21H2,1-6H3;7-9,13,17,19,22-23,35H,4-6,10-12,14-16,18H2,1-3H3,(H,30,31,32);1-4H2/t25?,26-;22?,23-;/m00./s1. The lowest BCUT2D eigenvalue weighted by molar-refractivity contribution is 0.0176. The summed E-state index contributed by atoms with van der Waals surface area (Å²) < 4.78 is 33.1. The van der Waals surface area contributed by atoms with Gasteiger partial charge in [-0.1, -0.05) is 0 Å². The van der Waals surface area contributed by atoms with Gasteiger partial charge < -0.3 is 53.8 Å². The summed E-state index contributed by atoms with van der Waals surface area (Å²) in [4.78, 5) is 93.3. The molecule has 2 aliphatic carbocycles. The number of benzene rings is 2. The van der Waals surface area contributed by atoms with Crippen LogP contribution >= 0.6 is 0 Å². The van der Waals surface area contributed by atoms with Crippen LogP contribution in [0.5, 0.6) is 11.5 Å². The lowest BCUT2D eigenvalue weighted by Crippen LogP contribution is -2.48. The number of aliphatic hydroxyl groups excluding tert-OH is 2. The van der Waals surface area contributed by atoms with Gasteiger partial charge in [0.2, 0.25) is 11.9 Å². The second-order valence-electron chi connectivity index (χ2n) is 27.4. The fourth-order valence-electron chi connectivity index (χ4n) is 12.1. The van der Waals surface area contributed by atoms with Crippen molar-refractivity contribution in [3.05, 3.63) is 83.2 Å². The van der Waals surface area contributed by atoms with E-state index in [0.717, 1.165) is 87.2 Å². The topological polar surface area (TPSA) is 261 Å². The van der Waals surface area contributed by atoms with Gasteiger partial charge in [0, 0.05) is 88.8 Å². The predicted molar refractivity (Wildman–Crippen MR) is 339 cm³/mol. The Bertz CT molecular complexity index is 3100. The number of amides is 5. The summed E-state index contributed by atoms with van der Waals surface area (Å²) in [6.07, 6.45) is 12.1. The van der Waals surface area contributed by atoms with Gasteiger partial charge in [0.15, 0.2) is 0 Å². The smallest absolute Gasteiger partial charge is 0.417 e. The highest BCUT2D eigenvalue weighted by atomic mass is 16.6. The lowest BCUT2D eigenvalue weighted by Gasteiger charge is -2.36. The highest BCUT2D eigenvalue weighted by Crippen LogP contribution is 2.34. The first-order valence-electron chi connectivity index (χ1n) is 32.3. The molecule has 2 aromatic heterocycles. The van der Waals surface area contributed by atoms with Gasteiger partial charge in [0.05, 0.1) is 37.5 Å². The van der Waals surface area contributed by atoms with E-state index in [4.69, 9.17) is 38.4 Å². The Kier molecular flexibility index (Phi) is 22.1.